The number of rotatable bonds is 16. The largest absolute Gasteiger partial charge is 1.00 e. The van der Waals surface area contributed by atoms with Crippen molar-refractivity contribution in [3.8, 4) is 17.2 Å². The zero-order valence-corrected chi connectivity index (χ0v) is 23.0. The van der Waals surface area contributed by atoms with E-state index in [2.05, 4.69) is 6.92 Å². The monoisotopic (exact) mass is 484 g/mol. The Bertz CT molecular complexity index is 915. The molecule has 2 aromatic rings. The van der Waals surface area contributed by atoms with E-state index in [4.69, 9.17) is 4.74 Å². The van der Waals surface area contributed by atoms with E-state index in [1.165, 1.54) is 88.5 Å². The van der Waals surface area contributed by atoms with Crippen molar-refractivity contribution in [1.82, 2.24) is 0 Å². The van der Waals surface area contributed by atoms with Crippen molar-refractivity contribution >= 4 is 10.1 Å². The fourth-order valence-corrected chi connectivity index (χ4v) is 4.48. The summed E-state index contributed by atoms with van der Waals surface area (Å²) in [5.74, 6) is -0.229. The van der Waals surface area contributed by atoms with Crippen LogP contribution in [0.25, 0.3) is 0 Å². The van der Waals surface area contributed by atoms with E-state index >= 15 is 0 Å². The summed E-state index contributed by atoms with van der Waals surface area (Å²) in [6, 6.07) is 10.8. The van der Waals surface area contributed by atoms with Crippen molar-refractivity contribution in [3.05, 3.63) is 48.0 Å². The normalized spacial score (nSPS) is 11.2. The fourth-order valence-electron chi connectivity index (χ4n) is 3.86. The molecule has 2 rings (SSSR count). The van der Waals surface area contributed by atoms with E-state index < -0.39 is 10.1 Å². The second-order valence-electron chi connectivity index (χ2n) is 8.41. The maximum absolute atomic E-state index is 12.7. The van der Waals surface area contributed by atoms with E-state index in [1.54, 1.807) is 18.2 Å². The minimum atomic E-state index is -4.44. The maximum Gasteiger partial charge on any atom is 1.00 e. The van der Waals surface area contributed by atoms with Gasteiger partial charge in [-0.05, 0) is 31.0 Å². The van der Waals surface area contributed by atoms with Gasteiger partial charge in [0.25, 0.3) is 10.1 Å². The molecule has 7 heteroatoms. The summed E-state index contributed by atoms with van der Waals surface area (Å²) >= 11 is 0. The molecular formula is C26H37NaO5S. The van der Waals surface area contributed by atoms with Gasteiger partial charge in [-0.15, -0.1) is 0 Å². The van der Waals surface area contributed by atoms with E-state index in [9.17, 15) is 18.1 Å². The van der Waals surface area contributed by atoms with E-state index in [0.29, 0.717) is 12.0 Å². The van der Waals surface area contributed by atoms with Gasteiger partial charge < -0.3 is 9.84 Å². The van der Waals surface area contributed by atoms with Gasteiger partial charge in [0.1, 0.15) is 16.4 Å². The summed E-state index contributed by atoms with van der Waals surface area (Å²) in [5, 5.41) is 12.7. The molecule has 0 saturated heterocycles. The van der Waals surface area contributed by atoms with Crippen LogP contribution in [0.2, 0.25) is 0 Å². The first-order valence-corrected chi connectivity index (χ1v) is 13.4. The molecule has 2 aromatic carbocycles. The number of hydrogen-bond acceptors (Lipinski definition) is 4. The molecular weight excluding hydrogens is 447 g/mol. The van der Waals surface area contributed by atoms with Gasteiger partial charge in [0.05, 0.1) is 0 Å². The first-order chi connectivity index (χ1) is 15.4. The molecule has 0 amide bonds. The maximum atomic E-state index is 12.7. The predicted octanol–water partition coefficient (Wildman–Crippen LogP) is 4.05. The molecule has 0 fully saturated rings. The van der Waals surface area contributed by atoms with Crippen LogP contribution in [0, 0.1) is 0 Å². The van der Waals surface area contributed by atoms with Gasteiger partial charge in [0, 0.05) is 0 Å². The van der Waals surface area contributed by atoms with Crippen LogP contribution in [-0.2, 0) is 16.5 Å². The summed E-state index contributed by atoms with van der Waals surface area (Å²) in [6.45, 7) is 2.25. The van der Waals surface area contributed by atoms with Gasteiger partial charge in [-0.1, -0.05) is 113 Å². The summed E-state index contributed by atoms with van der Waals surface area (Å²) in [5.41, 5.74) is 0.666. The predicted molar refractivity (Wildman–Crippen MR) is 127 cm³/mol. The molecule has 0 heterocycles. The summed E-state index contributed by atoms with van der Waals surface area (Å²) in [6.07, 6.45) is 15.8. The van der Waals surface area contributed by atoms with Crippen molar-refractivity contribution in [2.24, 2.45) is 0 Å². The average Bonchev–Trinajstić information content (AvgIpc) is 2.76. The minimum Gasteiger partial charge on any atom is -0.870 e. The van der Waals surface area contributed by atoms with Crippen LogP contribution in [0.3, 0.4) is 0 Å². The van der Waals surface area contributed by atoms with Crippen molar-refractivity contribution in [1.29, 1.82) is 0 Å². The zero-order valence-electron chi connectivity index (χ0n) is 20.2. The molecule has 0 unspecified atom stereocenters. The molecule has 5 nitrogen and oxygen atoms in total. The van der Waals surface area contributed by atoms with Crippen LogP contribution in [0.1, 0.15) is 89.5 Å². The Morgan fingerprint density at radius 2 is 1.27 bits per heavy atom. The van der Waals surface area contributed by atoms with Crippen LogP contribution in [0.5, 0.6) is 17.2 Å². The second-order valence-corrected chi connectivity index (χ2v) is 9.80. The molecule has 178 valence electrons. The first-order valence-electron chi connectivity index (χ1n) is 12.0. The van der Waals surface area contributed by atoms with Crippen LogP contribution in [0.4, 0.5) is 0 Å². The number of benzene rings is 2. The molecule has 1 N–H and O–H groups in total. The third-order valence-corrected chi connectivity index (χ3v) is 6.60. The third-order valence-electron chi connectivity index (χ3n) is 5.71. The van der Waals surface area contributed by atoms with Crippen LogP contribution in [-0.4, -0.2) is 13.0 Å². The van der Waals surface area contributed by atoms with E-state index in [0.717, 1.165) is 12.8 Å². The van der Waals surface area contributed by atoms with Gasteiger partial charge in [0.15, 0.2) is 0 Å². The Morgan fingerprint density at radius 1 is 0.758 bits per heavy atom. The summed E-state index contributed by atoms with van der Waals surface area (Å²) in [7, 11) is -4.44. The van der Waals surface area contributed by atoms with Gasteiger partial charge in [-0.2, -0.15) is 8.42 Å². The molecule has 0 bridgehead atoms. The average molecular weight is 485 g/mol. The molecule has 0 aliphatic carbocycles. The quantitative estimate of drug-likeness (QED) is 0.221. The SMILES string of the molecule is CCCCCCCCCCCCCCc1cccc(Oc2ccccc2S(=O)(=O)O)c1[O-].[Na+]. The Hall–Kier alpha value is -1.05. The number of para-hydroxylation sites is 2. The Kier molecular flexibility index (Phi) is 15.0. The van der Waals surface area contributed by atoms with E-state index in [1.807, 2.05) is 0 Å². The fraction of sp³-hybridized carbons (Fsp3) is 0.538. The zero-order chi connectivity index (χ0) is 23.2. The minimum absolute atomic E-state index is 0. The molecule has 0 aromatic heterocycles. The third kappa shape index (κ3) is 11.3. The molecule has 0 saturated carbocycles. The van der Waals surface area contributed by atoms with Gasteiger partial charge >= 0.3 is 29.6 Å². The number of ether oxygens (including phenoxy) is 1. The topological polar surface area (TPSA) is 86.7 Å². The van der Waals surface area contributed by atoms with Crippen molar-refractivity contribution < 1.29 is 52.4 Å². The van der Waals surface area contributed by atoms with E-state index in [-0.39, 0.29) is 51.7 Å². The van der Waals surface area contributed by atoms with Crippen molar-refractivity contribution in [3.63, 3.8) is 0 Å². The van der Waals surface area contributed by atoms with Crippen molar-refractivity contribution in [2.45, 2.75) is 95.3 Å². The number of hydrogen-bond donors (Lipinski definition) is 1. The Labute approximate surface area is 222 Å². The summed E-state index contributed by atoms with van der Waals surface area (Å²) < 4.78 is 38.0. The standard InChI is InChI=1S/C26H38O5S.Na/c1-2-3-4-5-6-7-8-9-10-11-12-13-17-22-18-16-20-24(26(22)27)31-23-19-14-15-21-25(23)32(28,29)30;/h14-16,18-21,27H,2-13,17H2,1H3,(H,28,29,30);/q;+1/p-1. The molecule has 0 atom stereocenters. The molecule has 0 aliphatic rings. The number of aryl methyl sites for hydroxylation is 1. The Balaban J connectivity index is 0.00000544. The first kappa shape index (κ1) is 30.0. The second kappa shape index (κ2) is 16.6. The van der Waals surface area contributed by atoms with Gasteiger partial charge in [-0.25, -0.2) is 0 Å². The Morgan fingerprint density at radius 3 is 1.85 bits per heavy atom. The van der Waals surface area contributed by atoms with Crippen LogP contribution >= 0.6 is 0 Å². The smallest absolute Gasteiger partial charge is 0.870 e. The van der Waals surface area contributed by atoms with Crippen LogP contribution < -0.4 is 39.4 Å². The molecule has 33 heavy (non-hydrogen) atoms. The molecule has 0 radical (unpaired) electrons. The van der Waals surface area contributed by atoms with Crippen molar-refractivity contribution in [2.75, 3.05) is 0 Å². The van der Waals surface area contributed by atoms with Gasteiger partial charge in [0.2, 0.25) is 0 Å². The van der Waals surface area contributed by atoms with Crippen LogP contribution in [0.15, 0.2) is 47.4 Å². The molecule has 0 aliphatic heterocycles. The van der Waals surface area contributed by atoms with Gasteiger partial charge in [-0.3, -0.25) is 4.55 Å². The number of unbranched alkanes of at least 4 members (excludes halogenated alkanes) is 11. The summed E-state index contributed by atoms with van der Waals surface area (Å²) in [4.78, 5) is -0.356. The molecule has 0 spiro atoms.